The van der Waals surface area contributed by atoms with Gasteiger partial charge in [0.25, 0.3) is 0 Å². The number of aromatic nitrogens is 2. The molecule has 27 heavy (non-hydrogen) atoms. The SMILES string of the molecule is CN=C(NCCCOCC1CC1)NCc1nc(-c2ccc(Cl)cc2)no1.I. The maximum Gasteiger partial charge on any atom is 0.246 e. The predicted molar refractivity (Wildman–Crippen MR) is 117 cm³/mol. The number of halogens is 2. The van der Waals surface area contributed by atoms with E-state index in [9.17, 15) is 0 Å². The van der Waals surface area contributed by atoms with Gasteiger partial charge in [-0.3, -0.25) is 4.99 Å². The fourth-order valence-electron chi connectivity index (χ4n) is 2.34. The number of nitrogens with one attached hydrogen (secondary N) is 2. The smallest absolute Gasteiger partial charge is 0.246 e. The first kappa shape index (κ1) is 21.9. The summed E-state index contributed by atoms with van der Waals surface area (Å²) in [6.45, 7) is 2.87. The van der Waals surface area contributed by atoms with Gasteiger partial charge < -0.3 is 19.9 Å². The van der Waals surface area contributed by atoms with Gasteiger partial charge >= 0.3 is 0 Å². The number of guanidine groups is 1. The van der Waals surface area contributed by atoms with Gasteiger partial charge in [-0.2, -0.15) is 4.98 Å². The van der Waals surface area contributed by atoms with Crippen LogP contribution in [0.5, 0.6) is 0 Å². The molecule has 0 unspecified atom stereocenters. The third kappa shape index (κ3) is 7.63. The van der Waals surface area contributed by atoms with E-state index >= 15 is 0 Å². The molecule has 1 aliphatic rings. The molecule has 1 saturated carbocycles. The molecule has 1 aromatic heterocycles. The van der Waals surface area contributed by atoms with Crippen molar-refractivity contribution in [3.05, 3.63) is 35.2 Å². The third-order valence-corrected chi connectivity index (χ3v) is 4.26. The van der Waals surface area contributed by atoms with Crippen LogP contribution in [-0.4, -0.2) is 42.9 Å². The van der Waals surface area contributed by atoms with Crippen LogP contribution < -0.4 is 10.6 Å². The summed E-state index contributed by atoms with van der Waals surface area (Å²) in [6.07, 6.45) is 3.59. The maximum absolute atomic E-state index is 5.89. The Morgan fingerprint density at radius 2 is 2.07 bits per heavy atom. The highest BCUT2D eigenvalue weighted by molar-refractivity contribution is 14.0. The summed E-state index contributed by atoms with van der Waals surface area (Å²) >= 11 is 5.89. The van der Waals surface area contributed by atoms with Crippen molar-refractivity contribution >= 4 is 41.5 Å². The van der Waals surface area contributed by atoms with Crippen molar-refractivity contribution < 1.29 is 9.26 Å². The van der Waals surface area contributed by atoms with Crippen LogP contribution in [0.2, 0.25) is 5.02 Å². The third-order valence-electron chi connectivity index (χ3n) is 4.01. The second kappa shape index (κ2) is 11.5. The van der Waals surface area contributed by atoms with Crippen molar-refractivity contribution in [2.45, 2.75) is 25.8 Å². The Morgan fingerprint density at radius 3 is 2.78 bits per heavy atom. The lowest BCUT2D eigenvalue weighted by molar-refractivity contribution is 0.123. The van der Waals surface area contributed by atoms with E-state index < -0.39 is 0 Å². The molecule has 0 saturated heterocycles. The van der Waals surface area contributed by atoms with Crippen molar-refractivity contribution in [2.24, 2.45) is 10.9 Å². The number of hydrogen-bond acceptors (Lipinski definition) is 5. The molecule has 7 nitrogen and oxygen atoms in total. The zero-order valence-corrected chi connectivity index (χ0v) is 18.4. The van der Waals surface area contributed by atoms with Gasteiger partial charge in [0, 0.05) is 37.4 Å². The summed E-state index contributed by atoms with van der Waals surface area (Å²) < 4.78 is 10.9. The molecule has 0 spiro atoms. The molecule has 1 aliphatic carbocycles. The molecule has 0 aliphatic heterocycles. The summed E-state index contributed by atoms with van der Waals surface area (Å²) in [5.74, 6) is 2.53. The minimum atomic E-state index is 0. The number of aliphatic imine (C=N–C) groups is 1. The van der Waals surface area contributed by atoms with E-state index in [1.165, 1.54) is 12.8 Å². The van der Waals surface area contributed by atoms with Gasteiger partial charge in [-0.1, -0.05) is 16.8 Å². The van der Waals surface area contributed by atoms with Crippen LogP contribution in [0.1, 0.15) is 25.2 Å². The molecule has 1 fully saturated rings. The monoisotopic (exact) mass is 505 g/mol. The van der Waals surface area contributed by atoms with Gasteiger partial charge in [0.2, 0.25) is 11.7 Å². The number of hydrogen-bond donors (Lipinski definition) is 2. The lowest BCUT2D eigenvalue weighted by Gasteiger charge is -2.10. The Hall–Kier alpha value is -1.39. The van der Waals surface area contributed by atoms with Gasteiger partial charge in [0.05, 0.1) is 6.54 Å². The highest BCUT2D eigenvalue weighted by Crippen LogP contribution is 2.28. The predicted octanol–water partition coefficient (Wildman–Crippen LogP) is 3.49. The van der Waals surface area contributed by atoms with Crippen molar-refractivity contribution in [3.63, 3.8) is 0 Å². The summed E-state index contributed by atoms with van der Waals surface area (Å²) in [5, 5.41) is 11.1. The van der Waals surface area contributed by atoms with E-state index in [1.54, 1.807) is 19.2 Å². The van der Waals surface area contributed by atoms with Crippen LogP contribution in [0.3, 0.4) is 0 Å². The van der Waals surface area contributed by atoms with Crippen LogP contribution in [-0.2, 0) is 11.3 Å². The first-order valence-electron chi connectivity index (χ1n) is 8.85. The van der Waals surface area contributed by atoms with Gasteiger partial charge in [-0.15, -0.1) is 24.0 Å². The molecule has 2 aromatic rings. The highest BCUT2D eigenvalue weighted by Gasteiger charge is 2.20. The number of ether oxygens (including phenoxy) is 1. The Bertz CT molecular complexity index is 719. The van der Waals surface area contributed by atoms with E-state index in [-0.39, 0.29) is 24.0 Å². The van der Waals surface area contributed by atoms with Gasteiger partial charge in [-0.05, 0) is 49.4 Å². The molecule has 3 rings (SSSR count). The minimum absolute atomic E-state index is 0. The molecule has 1 aromatic carbocycles. The normalized spacial score (nSPS) is 13.9. The van der Waals surface area contributed by atoms with Crippen molar-refractivity contribution in [3.8, 4) is 11.4 Å². The largest absolute Gasteiger partial charge is 0.381 e. The van der Waals surface area contributed by atoms with Crippen LogP contribution >= 0.6 is 35.6 Å². The average molecular weight is 506 g/mol. The lowest BCUT2D eigenvalue weighted by Crippen LogP contribution is -2.37. The Labute approximate surface area is 181 Å². The second-order valence-corrected chi connectivity index (χ2v) is 6.68. The Kier molecular flexibility index (Phi) is 9.29. The van der Waals surface area contributed by atoms with E-state index in [0.29, 0.717) is 29.2 Å². The first-order chi connectivity index (χ1) is 12.7. The highest BCUT2D eigenvalue weighted by atomic mass is 127. The van der Waals surface area contributed by atoms with Crippen LogP contribution in [0, 0.1) is 5.92 Å². The fraction of sp³-hybridized carbons (Fsp3) is 0.500. The van der Waals surface area contributed by atoms with Gasteiger partial charge in [-0.25, -0.2) is 0 Å². The number of rotatable bonds is 9. The Morgan fingerprint density at radius 1 is 1.30 bits per heavy atom. The zero-order valence-electron chi connectivity index (χ0n) is 15.3. The molecule has 0 amide bonds. The topological polar surface area (TPSA) is 84.6 Å². The summed E-state index contributed by atoms with van der Waals surface area (Å²) in [7, 11) is 1.73. The Balaban J connectivity index is 0.00000261. The van der Waals surface area contributed by atoms with Crippen LogP contribution in [0.15, 0.2) is 33.8 Å². The zero-order chi connectivity index (χ0) is 18.2. The molecular formula is C18H25ClIN5O2. The van der Waals surface area contributed by atoms with Crippen molar-refractivity contribution in [1.82, 2.24) is 20.8 Å². The summed E-state index contributed by atoms with van der Waals surface area (Å²) in [6, 6.07) is 7.31. The molecule has 2 N–H and O–H groups in total. The van der Waals surface area contributed by atoms with E-state index in [0.717, 1.165) is 37.7 Å². The molecule has 0 radical (unpaired) electrons. The molecule has 148 valence electrons. The molecular weight excluding hydrogens is 481 g/mol. The van der Waals surface area contributed by atoms with E-state index in [2.05, 4.69) is 25.8 Å². The van der Waals surface area contributed by atoms with Crippen LogP contribution in [0.4, 0.5) is 0 Å². The van der Waals surface area contributed by atoms with Gasteiger partial charge in [0.1, 0.15) is 0 Å². The fourth-order valence-corrected chi connectivity index (χ4v) is 2.46. The van der Waals surface area contributed by atoms with Crippen molar-refractivity contribution in [1.29, 1.82) is 0 Å². The first-order valence-corrected chi connectivity index (χ1v) is 9.23. The minimum Gasteiger partial charge on any atom is -0.381 e. The average Bonchev–Trinajstić information content (AvgIpc) is 3.36. The van der Waals surface area contributed by atoms with Gasteiger partial charge in [0.15, 0.2) is 5.96 Å². The summed E-state index contributed by atoms with van der Waals surface area (Å²) in [4.78, 5) is 8.56. The quantitative estimate of drug-likeness (QED) is 0.235. The van der Waals surface area contributed by atoms with Crippen molar-refractivity contribution in [2.75, 3.05) is 26.8 Å². The maximum atomic E-state index is 5.89. The van der Waals surface area contributed by atoms with E-state index in [1.807, 2.05) is 12.1 Å². The molecule has 1 heterocycles. The molecule has 0 atom stereocenters. The summed E-state index contributed by atoms with van der Waals surface area (Å²) in [5.41, 5.74) is 0.859. The standard InChI is InChI=1S/C18H24ClN5O2.HI/c1-20-18(21-9-2-10-25-12-13-3-4-13)22-11-16-23-17(24-26-16)14-5-7-15(19)8-6-14;/h5-8,13H,2-4,9-12H2,1H3,(H2,20,21,22);1H. The van der Waals surface area contributed by atoms with E-state index in [4.69, 9.17) is 20.9 Å². The number of nitrogens with zero attached hydrogens (tertiary/aromatic N) is 3. The second-order valence-electron chi connectivity index (χ2n) is 6.24. The number of benzene rings is 1. The van der Waals surface area contributed by atoms with Crippen LogP contribution in [0.25, 0.3) is 11.4 Å². The lowest BCUT2D eigenvalue weighted by atomic mass is 10.2. The molecule has 0 bridgehead atoms. The molecule has 9 heteroatoms.